The molecule has 0 unspecified atom stereocenters. The Labute approximate surface area is 227 Å². The fraction of sp³-hybridized carbons (Fsp3) is 0.594. The quantitative estimate of drug-likeness (QED) is 0.317. The zero-order valence-electron chi connectivity index (χ0n) is 23.7. The maximum absolute atomic E-state index is 13.6. The van der Waals surface area contributed by atoms with Crippen LogP contribution in [0, 0.1) is 18.8 Å². The van der Waals surface area contributed by atoms with Gasteiger partial charge in [0.1, 0.15) is 11.9 Å². The Morgan fingerprint density at radius 1 is 1.08 bits per heavy atom. The van der Waals surface area contributed by atoms with Gasteiger partial charge < -0.3 is 24.4 Å². The summed E-state index contributed by atoms with van der Waals surface area (Å²) in [7, 11) is 0. The number of aliphatic hydroxyl groups excluding tert-OH is 1. The van der Waals surface area contributed by atoms with Gasteiger partial charge in [-0.3, -0.25) is 0 Å². The average molecular weight is 525 g/mol. The molecule has 0 saturated carbocycles. The van der Waals surface area contributed by atoms with E-state index in [1.54, 1.807) is 19.1 Å². The highest BCUT2D eigenvalue weighted by Crippen LogP contribution is 2.43. The zero-order chi connectivity index (χ0) is 27.6. The van der Waals surface area contributed by atoms with E-state index in [4.69, 9.17) is 14.2 Å². The van der Waals surface area contributed by atoms with Crippen molar-refractivity contribution in [3.8, 4) is 5.75 Å². The van der Waals surface area contributed by atoms with Crippen LogP contribution in [0.4, 0.5) is 0 Å². The smallest absolute Gasteiger partial charge is 0.339 e. The molecule has 1 aromatic rings. The molecule has 38 heavy (non-hydrogen) atoms. The number of rotatable bonds is 1. The lowest BCUT2D eigenvalue weighted by Gasteiger charge is -2.49. The average Bonchev–Trinajstić information content (AvgIpc) is 2.88. The molecule has 1 aromatic carbocycles. The molecule has 3 aliphatic rings. The number of ether oxygens (including phenoxy) is 3. The van der Waals surface area contributed by atoms with Gasteiger partial charge in [0.2, 0.25) is 0 Å². The normalized spacial score (nSPS) is 38.3. The number of benzene rings is 1. The molecular formula is C32H44O6. The van der Waals surface area contributed by atoms with Crippen LogP contribution in [0.5, 0.6) is 5.75 Å². The van der Waals surface area contributed by atoms with E-state index in [-0.39, 0.29) is 30.0 Å². The summed E-state index contributed by atoms with van der Waals surface area (Å²) in [6.07, 6.45) is 11.0. The Hall–Kier alpha value is -2.41. The van der Waals surface area contributed by atoms with Gasteiger partial charge in [-0.15, -0.1) is 0 Å². The van der Waals surface area contributed by atoms with E-state index in [1.807, 2.05) is 39.0 Å². The van der Waals surface area contributed by atoms with E-state index in [1.165, 1.54) is 0 Å². The number of phenolic OH excluding ortho intramolecular Hbond substituents is 1. The lowest BCUT2D eigenvalue weighted by atomic mass is 9.85. The monoisotopic (exact) mass is 524 g/mol. The first-order valence-corrected chi connectivity index (χ1v) is 14.1. The molecule has 0 radical (unpaired) electrons. The molecule has 4 rings (SSSR count). The summed E-state index contributed by atoms with van der Waals surface area (Å²) in [6.45, 7) is 12.0. The Bertz CT molecular complexity index is 1120. The maximum atomic E-state index is 13.6. The van der Waals surface area contributed by atoms with Crippen LogP contribution in [0.1, 0.15) is 94.6 Å². The van der Waals surface area contributed by atoms with E-state index >= 15 is 0 Å². The highest BCUT2D eigenvalue weighted by Gasteiger charge is 2.48. The molecule has 2 N–H and O–H groups in total. The number of aryl methyl sites for hydroxylation is 1. The third-order valence-corrected chi connectivity index (χ3v) is 8.51. The summed E-state index contributed by atoms with van der Waals surface area (Å²) in [5, 5.41) is 21.4. The summed E-state index contributed by atoms with van der Waals surface area (Å²) in [5.74, 6) is -0.705. The van der Waals surface area contributed by atoms with Crippen molar-refractivity contribution in [1.82, 2.24) is 0 Å². The van der Waals surface area contributed by atoms with Gasteiger partial charge in [0.05, 0.1) is 23.9 Å². The molecular weight excluding hydrogens is 480 g/mol. The fourth-order valence-corrected chi connectivity index (χ4v) is 5.99. The number of hydrogen-bond acceptors (Lipinski definition) is 6. The van der Waals surface area contributed by atoms with Crippen LogP contribution in [0.15, 0.2) is 42.0 Å². The predicted molar refractivity (Wildman–Crippen MR) is 149 cm³/mol. The number of allylic oxidation sites excluding steroid dienone is 3. The van der Waals surface area contributed by atoms with Crippen LogP contribution in [0.25, 0.3) is 5.57 Å². The number of aliphatic hydroxyl groups is 1. The molecule has 0 aromatic heterocycles. The van der Waals surface area contributed by atoms with E-state index in [0.29, 0.717) is 41.9 Å². The summed E-state index contributed by atoms with van der Waals surface area (Å²) >= 11 is 0. The minimum Gasteiger partial charge on any atom is -0.508 e. The van der Waals surface area contributed by atoms with E-state index in [9.17, 15) is 15.0 Å². The molecule has 6 heteroatoms. The first kappa shape index (κ1) is 28.6. The second-order valence-electron chi connectivity index (χ2n) is 11.6. The highest BCUT2D eigenvalue weighted by molar-refractivity contribution is 5.96. The van der Waals surface area contributed by atoms with Crippen molar-refractivity contribution in [2.75, 3.05) is 0 Å². The molecule has 2 bridgehead atoms. The standard InChI is InChI=1S/C32H44O6/c1-7-29-20(3)13-14-32(38-29)18-25-16-24(37-32)12-11-22(5)30(34)21(4)10-8-9-19(2)26-17-28(33)23(6)15-27(26)31(35)36-25/h8-11,15,17,20-21,24-25,29-30,33-34H,7,12-14,16,18H2,1-6H3/b10-8+,19-9-,22-11+/t20-,21+,24+,25+,29+,30-,32+/m0/s1. The summed E-state index contributed by atoms with van der Waals surface area (Å²) < 4.78 is 19.4. The largest absolute Gasteiger partial charge is 0.508 e. The summed E-state index contributed by atoms with van der Waals surface area (Å²) in [5.41, 5.74) is 3.39. The molecule has 3 aliphatic heterocycles. The summed E-state index contributed by atoms with van der Waals surface area (Å²) in [6, 6.07) is 3.33. The lowest BCUT2D eigenvalue weighted by molar-refractivity contribution is -0.334. The van der Waals surface area contributed by atoms with Gasteiger partial charge in [-0.05, 0) is 80.4 Å². The Morgan fingerprint density at radius 2 is 1.84 bits per heavy atom. The Balaban J connectivity index is 1.74. The van der Waals surface area contributed by atoms with Gasteiger partial charge in [0, 0.05) is 25.2 Å². The van der Waals surface area contributed by atoms with Gasteiger partial charge in [-0.2, -0.15) is 0 Å². The molecule has 6 nitrogen and oxygen atoms in total. The Kier molecular flexibility index (Phi) is 8.85. The van der Waals surface area contributed by atoms with Crippen LogP contribution < -0.4 is 0 Å². The number of hydrogen-bond donors (Lipinski definition) is 2. The van der Waals surface area contributed by atoms with Crippen molar-refractivity contribution in [2.45, 2.75) is 110 Å². The first-order valence-electron chi connectivity index (χ1n) is 14.1. The second kappa shape index (κ2) is 11.8. The number of esters is 1. The molecule has 3 heterocycles. The third kappa shape index (κ3) is 6.24. The van der Waals surface area contributed by atoms with Crippen molar-refractivity contribution in [1.29, 1.82) is 0 Å². The van der Waals surface area contributed by atoms with Gasteiger partial charge >= 0.3 is 5.97 Å². The first-order chi connectivity index (χ1) is 18.0. The van der Waals surface area contributed by atoms with Crippen LogP contribution in [-0.4, -0.2) is 46.4 Å². The minimum absolute atomic E-state index is 0.0982. The minimum atomic E-state index is -0.785. The molecule has 0 amide bonds. The van der Waals surface area contributed by atoms with E-state index < -0.39 is 17.9 Å². The topological polar surface area (TPSA) is 85.2 Å². The number of aromatic hydroxyl groups is 1. The van der Waals surface area contributed by atoms with Gasteiger partial charge in [-0.25, -0.2) is 4.79 Å². The molecule has 0 aliphatic carbocycles. The zero-order valence-corrected chi connectivity index (χ0v) is 23.7. The third-order valence-electron chi connectivity index (χ3n) is 8.51. The van der Waals surface area contributed by atoms with Crippen molar-refractivity contribution < 1.29 is 29.2 Å². The van der Waals surface area contributed by atoms with Crippen LogP contribution in [0.2, 0.25) is 0 Å². The SMILES string of the molecule is CC[C@H]1O[C@]2(CC[C@@H]1C)C[C@H]1C[C@@H](C/C=C(\C)[C@@H](O)[C@H](C)/C=C/C=C(/C)c3cc(O)c(C)cc3C(=O)O1)O2. The van der Waals surface area contributed by atoms with E-state index in [2.05, 4.69) is 19.9 Å². The summed E-state index contributed by atoms with van der Waals surface area (Å²) in [4.78, 5) is 13.6. The van der Waals surface area contributed by atoms with Crippen molar-refractivity contribution >= 4 is 11.5 Å². The van der Waals surface area contributed by atoms with Crippen molar-refractivity contribution in [3.05, 3.63) is 58.7 Å². The van der Waals surface area contributed by atoms with E-state index in [0.717, 1.165) is 30.4 Å². The molecule has 1 spiro atoms. The van der Waals surface area contributed by atoms with Gasteiger partial charge in [0.15, 0.2) is 5.79 Å². The number of carbonyl (C=O) groups is 1. The Morgan fingerprint density at radius 3 is 2.58 bits per heavy atom. The van der Waals surface area contributed by atoms with Crippen molar-refractivity contribution in [3.63, 3.8) is 0 Å². The van der Waals surface area contributed by atoms with Crippen LogP contribution >= 0.6 is 0 Å². The maximum Gasteiger partial charge on any atom is 0.339 e. The lowest BCUT2D eigenvalue weighted by Crippen LogP contribution is -2.54. The molecule has 208 valence electrons. The highest BCUT2D eigenvalue weighted by atomic mass is 16.7. The second-order valence-corrected chi connectivity index (χ2v) is 11.6. The van der Waals surface area contributed by atoms with Crippen molar-refractivity contribution in [2.24, 2.45) is 11.8 Å². The van der Waals surface area contributed by atoms with Crippen LogP contribution in [0.3, 0.4) is 0 Å². The molecule has 2 saturated heterocycles. The van der Waals surface area contributed by atoms with Crippen LogP contribution in [-0.2, 0) is 14.2 Å². The number of phenols is 1. The molecule has 2 fully saturated rings. The molecule has 7 atom stereocenters. The number of carbonyl (C=O) groups excluding carboxylic acids is 1. The fourth-order valence-electron chi connectivity index (χ4n) is 5.99. The predicted octanol–water partition coefficient (Wildman–Crippen LogP) is 6.63. The van der Waals surface area contributed by atoms with Gasteiger partial charge in [0.25, 0.3) is 0 Å². The van der Waals surface area contributed by atoms with Gasteiger partial charge in [-0.1, -0.05) is 45.1 Å². The number of fused-ring (bicyclic) bond motifs is 3.